The number of aromatic nitrogens is 2. The zero-order valence-corrected chi connectivity index (χ0v) is 14.3. The first-order valence-corrected chi connectivity index (χ1v) is 8.10. The van der Waals surface area contributed by atoms with Gasteiger partial charge in [-0.2, -0.15) is 0 Å². The van der Waals surface area contributed by atoms with Gasteiger partial charge >= 0.3 is 0 Å². The van der Waals surface area contributed by atoms with Gasteiger partial charge in [-0.15, -0.1) is 0 Å². The Kier molecular flexibility index (Phi) is 5.35. The molecular formula is C19H15F3N4O. The average Bonchev–Trinajstić information content (AvgIpc) is 2.70. The van der Waals surface area contributed by atoms with Crippen molar-refractivity contribution in [3.05, 3.63) is 78.0 Å². The van der Waals surface area contributed by atoms with E-state index in [9.17, 15) is 18.0 Å². The SMILES string of the molecule is CCN(c1ccccc1)c1cnc(C(=O)Nc2ccc(F)c(F)c2F)cn1. The zero-order chi connectivity index (χ0) is 19.4. The van der Waals surface area contributed by atoms with Crippen molar-refractivity contribution in [2.75, 3.05) is 16.8 Å². The van der Waals surface area contributed by atoms with Gasteiger partial charge in [-0.25, -0.2) is 23.1 Å². The Morgan fingerprint density at radius 3 is 2.37 bits per heavy atom. The van der Waals surface area contributed by atoms with Crippen LogP contribution in [0.4, 0.5) is 30.4 Å². The molecule has 138 valence electrons. The topological polar surface area (TPSA) is 58.1 Å². The number of rotatable bonds is 5. The van der Waals surface area contributed by atoms with Crippen LogP contribution in [0.2, 0.25) is 0 Å². The molecule has 0 atom stereocenters. The molecule has 3 aromatic rings. The van der Waals surface area contributed by atoms with Crippen LogP contribution >= 0.6 is 0 Å². The van der Waals surface area contributed by atoms with Gasteiger partial charge in [0, 0.05) is 12.2 Å². The van der Waals surface area contributed by atoms with Crippen molar-refractivity contribution in [3.63, 3.8) is 0 Å². The number of halogens is 3. The second-order valence-electron chi connectivity index (χ2n) is 5.52. The Hall–Kier alpha value is -3.42. The molecular weight excluding hydrogens is 357 g/mol. The van der Waals surface area contributed by atoms with E-state index in [0.29, 0.717) is 12.4 Å². The Balaban J connectivity index is 1.79. The molecule has 1 heterocycles. The smallest absolute Gasteiger partial charge is 0.275 e. The van der Waals surface area contributed by atoms with Crippen LogP contribution in [-0.2, 0) is 0 Å². The minimum Gasteiger partial charge on any atom is -0.325 e. The molecule has 0 aliphatic heterocycles. The van der Waals surface area contributed by atoms with Crippen LogP contribution in [0.3, 0.4) is 0 Å². The van der Waals surface area contributed by atoms with E-state index in [-0.39, 0.29) is 5.69 Å². The monoisotopic (exact) mass is 372 g/mol. The highest BCUT2D eigenvalue weighted by atomic mass is 19.2. The third kappa shape index (κ3) is 3.89. The highest BCUT2D eigenvalue weighted by Crippen LogP contribution is 2.23. The van der Waals surface area contributed by atoms with E-state index in [4.69, 9.17) is 0 Å². The Bertz CT molecular complexity index is 949. The van der Waals surface area contributed by atoms with E-state index >= 15 is 0 Å². The van der Waals surface area contributed by atoms with Gasteiger partial charge in [-0.3, -0.25) is 4.79 Å². The number of anilines is 3. The number of para-hydroxylation sites is 1. The summed E-state index contributed by atoms with van der Waals surface area (Å²) in [5.74, 6) is -4.74. The van der Waals surface area contributed by atoms with Gasteiger partial charge in [-0.05, 0) is 31.2 Å². The predicted molar refractivity (Wildman–Crippen MR) is 95.4 cm³/mol. The van der Waals surface area contributed by atoms with E-state index in [1.807, 2.05) is 42.2 Å². The number of hydrogen-bond acceptors (Lipinski definition) is 4. The molecule has 0 fully saturated rings. The van der Waals surface area contributed by atoms with Crippen molar-refractivity contribution in [2.24, 2.45) is 0 Å². The lowest BCUT2D eigenvalue weighted by Crippen LogP contribution is -2.19. The van der Waals surface area contributed by atoms with Gasteiger partial charge in [0.15, 0.2) is 23.3 Å². The number of hydrogen-bond donors (Lipinski definition) is 1. The summed E-state index contributed by atoms with van der Waals surface area (Å²) in [6.07, 6.45) is 2.64. The first kappa shape index (κ1) is 18.4. The van der Waals surface area contributed by atoms with Crippen LogP contribution in [0, 0.1) is 17.5 Å². The second-order valence-corrected chi connectivity index (χ2v) is 5.52. The van der Waals surface area contributed by atoms with Gasteiger partial charge in [0.05, 0.1) is 18.1 Å². The van der Waals surface area contributed by atoms with Gasteiger partial charge in [0.1, 0.15) is 5.69 Å². The maximum Gasteiger partial charge on any atom is 0.275 e. The maximum atomic E-state index is 13.7. The molecule has 0 aliphatic carbocycles. The van der Waals surface area contributed by atoms with Gasteiger partial charge in [0.2, 0.25) is 0 Å². The first-order valence-electron chi connectivity index (χ1n) is 8.10. The fourth-order valence-electron chi connectivity index (χ4n) is 2.47. The summed E-state index contributed by atoms with van der Waals surface area (Å²) in [6, 6.07) is 11.2. The van der Waals surface area contributed by atoms with Crippen LogP contribution in [0.1, 0.15) is 17.4 Å². The number of nitrogens with one attached hydrogen (secondary N) is 1. The lowest BCUT2D eigenvalue weighted by Gasteiger charge is -2.21. The molecule has 3 rings (SSSR count). The molecule has 2 aromatic carbocycles. The summed E-state index contributed by atoms with van der Waals surface area (Å²) in [6.45, 7) is 2.57. The number of carbonyl (C=O) groups excluding carboxylic acids is 1. The third-order valence-electron chi connectivity index (χ3n) is 3.81. The summed E-state index contributed by atoms with van der Waals surface area (Å²) in [5, 5.41) is 2.15. The molecule has 27 heavy (non-hydrogen) atoms. The van der Waals surface area contributed by atoms with E-state index in [1.54, 1.807) is 0 Å². The van der Waals surface area contributed by atoms with Crippen LogP contribution in [0.25, 0.3) is 0 Å². The van der Waals surface area contributed by atoms with Crippen LogP contribution < -0.4 is 10.2 Å². The van der Waals surface area contributed by atoms with Crippen molar-refractivity contribution in [2.45, 2.75) is 6.92 Å². The molecule has 1 amide bonds. The maximum absolute atomic E-state index is 13.7. The van der Waals surface area contributed by atoms with Crippen molar-refractivity contribution in [3.8, 4) is 0 Å². The molecule has 0 bridgehead atoms. The van der Waals surface area contributed by atoms with E-state index in [2.05, 4.69) is 15.3 Å². The van der Waals surface area contributed by atoms with Crippen molar-refractivity contribution >= 4 is 23.1 Å². The normalized spacial score (nSPS) is 10.5. The average molecular weight is 372 g/mol. The van der Waals surface area contributed by atoms with Gasteiger partial charge < -0.3 is 10.2 Å². The highest BCUT2D eigenvalue weighted by Gasteiger charge is 2.17. The lowest BCUT2D eigenvalue weighted by molar-refractivity contribution is 0.102. The molecule has 1 N–H and O–H groups in total. The summed E-state index contributed by atoms with van der Waals surface area (Å²) in [7, 11) is 0. The number of amides is 1. The van der Waals surface area contributed by atoms with Gasteiger partial charge in [-0.1, -0.05) is 18.2 Å². The predicted octanol–water partition coefficient (Wildman–Crippen LogP) is 4.30. The molecule has 5 nitrogen and oxygen atoms in total. The molecule has 0 unspecified atom stereocenters. The van der Waals surface area contributed by atoms with Crippen molar-refractivity contribution in [1.29, 1.82) is 0 Å². The first-order chi connectivity index (χ1) is 13.0. The zero-order valence-electron chi connectivity index (χ0n) is 14.3. The van der Waals surface area contributed by atoms with Crippen LogP contribution in [0.5, 0.6) is 0 Å². The molecule has 0 saturated heterocycles. The number of carbonyl (C=O) groups is 1. The quantitative estimate of drug-likeness (QED) is 0.679. The van der Waals surface area contributed by atoms with E-state index < -0.39 is 29.0 Å². The van der Waals surface area contributed by atoms with Gasteiger partial charge in [0.25, 0.3) is 5.91 Å². The summed E-state index contributed by atoms with van der Waals surface area (Å²) < 4.78 is 39.9. The van der Waals surface area contributed by atoms with Crippen molar-refractivity contribution in [1.82, 2.24) is 9.97 Å². The number of nitrogens with zero attached hydrogens (tertiary/aromatic N) is 3. The van der Waals surface area contributed by atoms with E-state index in [1.165, 1.54) is 12.4 Å². The largest absolute Gasteiger partial charge is 0.325 e. The Morgan fingerprint density at radius 2 is 1.74 bits per heavy atom. The summed E-state index contributed by atoms with van der Waals surface area (Å²) >= 11 is 0. The Morgan fingerprint density at radius 1 is 1.00 bits per heavy atom. The Labute approximate surface area is 153 Å². The third-order valence-corrected chi connectivity index (χ3v) is 3.81. The minimum atomic E-state index is -1.66. The number of benzene rings is 2. The molecule has 0 aliphatic rings. The standard InChI is InChI=1S/C19H15F3N4O/c1-2-26(12-6-4-3-5-7-12)16-11-23-15(10-24-16)19(27)25-14-9-8-13(20)17(21)18(14)22/h3-11H,2H2,1H3,(H,25,27). The molecule has 0 radical (unpaired) electrons. The second kappa shape index (κ2) is 7.86. The summed E-state index contributed by atoms with van der Waals surface area (Å²) in [5.41, 5.74) is 0.339. The summed E-state index contributed by atoms with van der Waals surface area (Å²) in [4.78, 5) is 22.3. The molecule has 8 heteroatoms. The highest BCUT2D eigenvalue weighted by molar-refractivity contribution is 6.02. The fraction of sp³-hybridized carbons (Fsp3) is 0.105. The lowest BCUT2D eigenvalue weighted by atomic mass is 10.2. The van der Waals surface area contributed by atoms with E-state index in [0.717, 1.165) is 17.8 Å². The van der Waals surface area contributed by atoms with Crippen LogP contribution in [0.15, 0.2) is 54.9 Å². The molecule has 1 aromatic heterocycles. The molecule has 0 spiro atoms. The molecule has 0 saturated carbocycles. The van der Waals surface area contributed by atoms with Crippen LogP contribution in [-0.4, -0.2) is 22.4 Å². The minimum absolute atomic E-state index is 0.0907. The van der Waals surface area contributed by atoms with Crippen molar-refractivity contribution < 1.29 is 18.0 Å². The fourth-order valence-corrected chi connectivity index (χ4v) is 2.47.